The Kier molecular flexibility index (Phi) is 19.1. The van der Waals surface area contributed by atoms with Gasteiger partial charge in [-0.1, -0.05) is 52.2 Å². The van der Waals surface area contributed by atoms with Gasteiger partial charge in [-0.15, -0.1) is 0 Å². The Bertz CT molecular complexity index is 2910. The number of nitrogens with one attached hydrogen (secondary N) is 4. The van der Waals surface area contributed by atoms with Crippen LogP contribution < -0.4 is 21.3 Å². The number of halogens is 1. The normalized spacial score (nSPS) is 15.5. The quantitative estimate of drug-likeness (QED) is 0.0327. The molecule has 0 radical (unpaired) electrons. The third kappa shape index (κ3) is 13.9. The molecular formula is C54H71FN14O4. The van der Waals surface area contributed by atoms with Gasteiger partial charge < -0.3 is 26.1 Å². The molecule has 1 fully saturated rings. The molecule has 6 unspecified atom stereocenters. The van der Waals surface area contributed by atoms with E-state index in [0.29, 0.717) is 67.5 Å². The number of aromatic nitrogens is 10. The highest BCUT2D eigenvalue weighted by atomic mass is 19.1. The molecule has 0 spiro atoms. The molecule has 4 N–H and O–H groups in total. The average molecular weight is 999 g/mol. The lowest BCUT2D eigenvalue weighted by atomic mass is 9.87. The summed E-state index contributed by atoms with van der Waals surface area (Å²) in [6.07, 6.45) is 20.2. The summed E-state index contributed by atoms with van der Waals surface area (Å²) in [5, 5.41) is 29.9. The van der Waals surface area contributed by atoms with Gasteiger partial charge in [0.25, 0.3) is 11.8 Å². The molecule has 19 heteroatoms. The van der Waals surface area contributed by atoms with Crippen LogP contribution in [0.25, 0.3) is 11.3 Å². The molecule has 6 atom stereocenters. The smallest absolute Gasteiger partial charge is 0.270 e. The first-order valence-corrected chi connectivity index (χ1v) is 25.9. The summed E-state index contributed by atoms with van der Waals surface area (Å²) in [4.78, 5) is 59.7. The number of nitrogens with zero attached hydrogens (tertiary/aromatic N) is 10. The molecule has 7 heterocycles. The second kappa shape index (κ2) is 26.0. The lowest BCUT2D eigenvalue weighted by Crippen LogP contribution is -2.34. The van der Waals surface area contributed by atoms with Crippen molar-refractivity contribution in [1.29, 1.82) is 0 Å². The fraction of sp³-hybridized carbons (Fsp3) is 0.481. The maximum absolute atomic E-state index is 13.7. The molecule has 7 aromatic rings. The van der Waals surface area contributed by atoms with E-state index >= 15 is 0 Å². The van der Waals surface area contributed by atoms with Crippen LogP contribution in [0.2, 0.25) is 0 Å². The molecule has 1 aliphatic rings. The molecule has 3 amide bonds. The van der Waals surface area contributed by atoms with Crippen molar-refractivity contribution in [2.24, 2.45) is 17.8 Å². The monoisotopic (exact) mass is 999 g/mol. The highest BCUT2D eigenvalue weighted by Crippen LogP contribution is 2.34. The number of hydrogen-bond acceptors (Lipinski definition) is 11. The minimum atomic E-state index is -0.492. The van der Waals surface area contributed by atoms with Crippen LogP contribution in [0, 0.1) is 23.6 Å². The molecule has 18 nitrogen and oxygen atoms in total. The van der Waals surface area contributed by atoms with Gasteiger partial charge in [0.2, 0.25) is 5.91 Å². The molecule has 0 bridgehead atoms. The number of rotatable bonds is 25. The SMILES string of the molecule is CCC(C)CCCC(NC(=O)c1ccnn1CC)c1cn2ncc(CC(C=O)CCCNC)cc2n1.CCC(c1ccc(F)cc1)C(NC(=O)c1ccnn1CC)c1cn2ncc(CC3CCNC3=O)cc2n1. The van der Waals surface area contributed by atoms with Crippen LogP contribution in [-0.2, 0) is 35.5 Å². The van der Waals surface area contributed by atoms with E-state index in [4.69, 9.17) is 9.97 Å². The van der Waals surface area contributed by atoms with E-state index in [1.54, 1.807) is 61.3 Å². The second-order valence-electron chi connectivity index (χ2n) is 19.0. The highest BCUT2D eigenvalue weighted by Gasteiger charge is 2.30. The van der Waals surface area contributed by atoms with Crippen molar-refractivity contribution in [3.8, 4) is 0 Å². The van der Waals surface area contributed by atoms with Gasteiger partial charge in [-0.2, -0.15) is 20.4 Å². The van der Waals surface area contributed by atoms with Crippen molar-refractivity contribution in [2.75, 3.05) is 20.1 Å². The molecule has 1 aliphatic heterocycles. The molecule has 1 aromatic carbocycles. The summed E-state index contributed by atoms with van der Waals surface area (Å²) in [6.45, 7) is 13.2. The van der Waals surface area contributed by atoms with Crippen molar-refractivity contribution in [2.45, 2.75) is 130 Å². The molecule has 73 heavy (non-hydrogen) atoms. The van der Waals surface area contributed by atoms with Gasteiger partial charge in [-0.05, 0) is 131 Å². The van der Waals surface area contributed by atoms with Crippen molar-refractivity contribution < 1.29 is 23.6 Å². The number of imidazole rings is 2. The van der Waals surface area contributed by atoms with Crippen LogP contribution in [-0.4, -0.2) is 92.9 Å². The van der Waals surface area contributed by atoms with Gasteiger partial charge in [0.1, 0.15) is 23.5 Å². The molecule has 6 aromatic heterocycles. The first kappa shape index (κ1) is 53.6. The summed E-state index contributed by atoms with van der Waals surface area (Å²) in [5.74, 6) is -0.257. The van der Waals surface area contributed by atoms with E-state index in [1.165, 1.54) is 12.1 Å². The minimum Gasteiger partial charge on any atom is -0.356 e. The summed E-state index contributed by atoms with van der Waals surface area (Å²) >= 11 is 0. The number of hydrogen-bond donors (Lipinski definition) is 4. The third-order valence-corrected chi connectivity index (χ3v) is 13.9. The van der Waals surface area contributed by atoms with E-state index in [0.717, 1.165) is 85.8 Å². The van der Waals surface area contributed by atoms with Gasteiger partial charge in [0.15, 0.2) is 11.3 Å². The minimum absolute atomic E-state index is 0.0342. The van der Waals surface area contributed by atoms with E-state index in [-0.39, 0.29) is 47.3 Å². The fourth-order valence-corrected chi connectivity index (χ4v) is 9.52. The maximum Gasteiger partial charge on any atom is 0.270 e. The van der Waals surface area contributed by atoms with Crippen LogP contribution in [0.3, 0.4) is 0 Å². The van der Waals surface area contributed by atoms with E-state index in [1.807, 2.05) is 58.5 Å². The van der Waals surface area contributed by atoms with E-state index < -0.39 is 6.04 Å². The average Bonchev–Trinajstić information content (AvgIpc) is 4.27. The lowest BCUT2D eigenvalue weighted by molar-refractivity contribution is -0.122. The van der Waals surface area contributed by atoms with Gasteiger partial charge in [0, 0.05) is 49.8 Å². The first-order valence-electron chi connectivity index (χ1n) is 25.9. The standard InChI is InChI=1S/C27H30FN7O2.C27H41N7O2/c1-3-21(18-5-7-20(28)8-6-18)25(33-27(37)23-10-12-30-34(23)4-2)22-16-35-24(32-22)14-17(15-31-35)13-19-9-11-29-26(19)36;1-5-20(3)9-7-11-23(32-27(36)25-12-14-29-33(25)6-2)24-18-34-26(31-24)16-22(17-30-34)15-21(19-35)10-8-13-28-4/h5-8,10,12,14-16,19,21,25H,3-4,9,11,13H2,1-2H3,(H,29,36)(H,33,37);12,14,16-21,23,28H,5-11,13,15H2,1-4H3,(H,32,36). The summed E-state index contributed by atoms with van der Waals surface area (Å²) in [6, 6.07) is 13.0. The molecule has 1 saturated heterocycles. The Morgan fingerprint density at radius 1 is 0.795 bits per heavy atom. The van der Waals surface area contributed by atoms with Gasteiger partial charge in [-0.25, -0.2) is 23.4 Å². The Morgan fingerprint density at radius 3 is 2.03 bits per heavy atom. The number of aldehydes is 1. The van der Waals surface area contributed by atoms with Crippen LogP contribution in [0.15, 0.2) is 85.7 Å². The van der Waals surface area contributed by atoms with Crippen LogP contribution in [0.1, 0.15) is 153 Å². The molecular weight excluding hydrogens is 928 g/mol. The number of benzene rings is 1. The van der Waals surface area contributed by atoms with Crippen molar-refractivity contribution >= 4 is 35.3 Å². The maximum atomic E-state index is 13.7. The van der Waals surface area contributed by atoms with Gasteiger partial charge >= 0.3 is 0 Å². The van der Waals surface area contributed by atoms with Crippen molar-refractivity contribution in [3.63, 3.8) is 0 Å². The van der Waals surface area contributed by atoms with Crippen molar-refractivity contribution in [1.82, 2.24) is 70.0 Å². The van der Waals surface area contributed by atoms with E-state index in [2.05, 4.69) is 55.5 Å². The van der Waals surface area contributed by atoms with Crippen LogP contribution >= 0.6 is 0 Å². The largest absolute Gasteiger partial charge is 0.356 e. The molecule has 388 valence electrons. The summed E-state index contributed by atoms with van der Waals surface area (Å²) in [5.41, 5.74) is 6.63. The molecule has 0 saturated carbocycles. The zero-order valence-corrected chi connectivity index (χ0v) is 43.0. The topological polar surface area (TPSA) is 212 Å². The number of amides is 3. The van der Waals surface area contributed by atoms with E-state index in [9.17, 15) is 23.6 Å². The second-order valence-corrected chi connectivity index (χ2v) is 19.0. The first-order chi connectivity index (χ1) is 35.4. The Hall–Kier alpha value is -7.15. The van der Waals surface area contributed by atoms with Gasteiger partial charge in [-0.3, -0.25) is 23.7 Å². The number of carbonyl (C=O) groups excluding carboxylic acids is 4. The number of fused-ring (bicyclic) bond motifs is 2. The lowest BCUT2D eigenvalue weighted by Gasteiger charge is -2.26. The van der Waals surface area contributed by atoms with Crippen LogP contribution in [0.4, 0.5) is 4.39 Å². The Balaban J connectivity index is 0.000000214. The molecule has 8 rings (SSSR count). The summed E-state index contributed by atoms with van der Waals surface area (Å²) in [7, 11) is 1.92. The predicted octanol–water partition coefficient (Wildman–Crippen LogP) is 7.42. The Labute approximate surface area is 426 Å². The summed E-state index contributed by atoms with van der Waals surface area (Å²) < 4.78 is 20.4. The molecule has 0 aliphatic carbocycles. The fourth-order valence-electron chi connectivity index (χ4n) is 9.52. The van der Waals surface area contributed by atoms with Gasteiger partial charge in [0.05, 0.1) is 48.3 Å². The van der Waals surface area contributed by atoms with Crippen molar-refractivity contribution in [3.05, 3.63) is 131 Å². The highest BCUT2D eigenvalue weighted by molar-refractivity contribution is 5.93. The third-order valence-electron chi connectivity index (χ3n) is 13.9. The number of aryl methyl sites for hydroxylation is 2. The van der Waals surface area contributed by atoms with Crippen LogP contribution in [0.5, 0.6) is 0 Å². The predicted molar refractivity (Wildman–Crippen MR) is 276 cm³/mol. The zero-order valence-electron chi connectivity index (χ0n) is 43.0. The zero-order chi connectivity index (χ0) is 51.9. The number of carbonyl (C=O) groups is 4. The Morgan fingerprint density at radius 2 is 1.42 bits per heavy atom.